The summed E-state index contributed by atoms with van der Waals surface area (Å²) in [4.78, 5) is 11.3. The SMILES string of the molecule is CCCNC(=O)CCNc1ccc(F)cc1C#N. The second-order valence-corrected chi connectivity index (χ2v) is 3.83. The van der Waals surface area contributed by atoms with E-state index in [-0.39, 0.29) is 11.5 Å². The van der Waals surface area contributed by atoms with Gasteiger partial charge in [0.25, 0.3) is 0 Å². The van der Waals surface area contributed by atoms with Gasteiger partial charge in [-0.05, 0) is 24.6 Å². The van der Waals surface area contributed by atoms with E-state index >= 15 is 0 Å². The molecule has 0 aromatic heterocycles. The van der Waals surface area contributed by atoms with Gasteiger partial charge in [-0.15, -0.1) is 0 Å². The van der Waals surface area contributed by atoms with Crippen molar-refractivity contribution in [3.63, 3.8) is 0 Å². The molecular weight excluding hydrogens is 233 g/mol. The molecular formula is C13H16FN3O. The third-order valence-corrected chi connectivity index (χ3v) is 2.34. The number of hydrogen-bond acceptors (Lipinski definition) is 3. The first kappa shape index (κ1) is 14.0. The van der Waals surface area contributed by atoms with Crippen molar-refractivity contribution in [3.8, 4) is 6.07 Å². The Morgan fingerprint density at radius 3 is 2.89 bits per heavy atom. The second kappa shape index (κ2) is 7.28. The smallest absolute Gasteiger partial charge is 0.221 e. The van der Waals surface area contributed by atoms with E-state index in [4.69, 9.17) is 5.26 Å². The Bertz CT molecular complexity index is 454. The number of carbonyl (C=O) groups excluding carboxylic acids is 1. The highest BCUT2D eigenvalue weighted by Crippen LogP contribution is 2.15. The Hall–Kier alpha value is -2.09. The zero-order valence-corrected chi connectivity index (χ0v) is 10.3. The minimum absolute atomic E-state index is 0.0371. The maximum atomic E-state index is 12.9. The quantitative estimate of drug-likeness (QED) is 0.810. The van der Waals surface area contributed by atoms with E-state index in [0.29, 0.717) is 25.2 Å². The molecule has 0 fully saturated rings. The summed E-state index contributed by atoms with van der Waals surface area (Å²) in [5, 5.41) is 14.5. The van der Waals surface area contributed by atoms with E-state index in [1.807, 2.05) is 13.0 Å². The number of carbonyl (C=O) groups is 1. The van der Waals surface area contributed by atoms with Crippen LogP contribution in [-0.2, 0) is 4.79 Å². The number of amides is 1. The van der Waals surface area contributed by atoms with Crippen LogP contribution >= 0.6 is 0 Å². The van der Waals surface area contributed by atoms with E-state index in [0.717, 1.165) is 6.42 Å². The number of anilines is 1. The van der Waals surface area contributed by atoms with Gasteiger partial charge in [0, 0.05) is 19.5 Å². The zero-order valence-electron chi connectivity index (χ0n) is 10.3. The van der Waals surface area contributed by atoms with E-state index in [1.165, 1.54) is 18.2 Å². The molecule has 1 aromatic carbocycles. The highest BCUT2D eigenvalue weighted by Gasteiger charge is 2.04. The van der Waals surface area contributed by atoms with E-state index in [2.05, 4.69) is 10.6 Å². The lowest BCUT2D eigenvalue weighted by molar-refractivity contribution is -0.120. The molecule has 96 valence electrons. The number of nitrogens with zero attached hydrogens (tertiary/aromatic N) is 1. The van der Waals surface area contributed by atoms with Gasteiger partial charge in [-0.25, -0.2) is 4.39 Å². The zero-order chi connectivity index (χ0) is 13.4. The fraction of sp³-hybridized carbons (Fsp3) is 0.385. The van der Waals surface area contributed by atoms with Crippen molar-refractivity contribution >= 4 is 11.6 Å². The number of hydrogen-bond donors (Lipinski definition) is 2. The maximum Gasteiger partial charge on any atom is 0.221 e. The highest BCUT2D eigenvalue weighted by molar-refractivity contribution is 5.76. The lowest BCUT2D eigenvalue weighted by atomic mass is 10.2. The summed E-state index contributed by atoms with van der Waals surface area (Å²) < 4.78 is 12.9. The third kappa shape index (κ3) is 4.42. The van der Waals surface area contributed by atoms with Crippen molar-refractivity contribution < 1.29 is 9.18 Å². The Balaban J connectivity index is 2.44. The van der Waals surface area contributed by atoms with Gasteiger partial charge in [-0.3, -0.25) is 4.79 Å². The second-order valence-electron chi connectivity index (χ2n) is 3.83. The molecule has 1 amide bonds. The molecule has 1 aromatic rings. The van der Waals surface area contributed by atoms with E-state index in [1.54, 1.807) is 0 Å². The van der Waals surface area contributed by atoms with Crippen LogP contribution in [0.2, 0.25) is 0 Å². The molecule has 4 nitrogen and oxygen atoms in total. The molecule has 0 radical (unpaired) electrons. The normalized spacial score (nSPS) is 9.61. The predicted molar refractivity (Wildman–Crippen MR) is 67.5 cm³/mol. The number of nitriles is 1. The van der Waals surface area contributed by atoms with Crippen LogP contribution in [-0.4, -0.2) is 19.0 Å². The fourth-order valence-corrected chi connectivity index (χ4v) is 1.43. The van der Waals surface area contributed by atoms with Gasteiger partial charge in [-0.2, -0.15) is 5.26 Å². The Morgan fingerprint density at radius 1 is 1.44 bits per heavy atom. The lowest BCUT2D eigenvalue weighted by Gasteiger charge is -2.08. The molecule has 0 atom stereocenters. The summed E-state index contributed by atoms with van der Waals surface area (Å²) >= 11 is 0. The summed E-state index contributed by atoms with van der Waals surface area (Å²) in [6.45, 7) is 3.06. The van der Waals surface area contributed by atoms with Crippen LogP contribution in [0.15, 0.2) is 18.2 Å². The Labute approximate surface area is 106 Å². The minimum Gasteiger partial charge on any atom is -0.383 e. The van der Waals surface area contributed by atoms with Crippen LogP contribution in [0.5, 0.6) is 0 Å². The molecule has 0 heterocycles. The molecule has 0 spiro atoms. The number of benzene rings is 1. The standard InChI is InChI=1S/C13H16FN3O/c1-2-6-17-13(18)5-7-16-12-4-3-11(14)8-10(12)9-15/h3-4,8,16H,2,5-7H2,1H3,(H,17,18). The van der Waals surface area contributed by atoms with Gasteiger partial charge in [0.1, 0.15) is 11.9 Å². The van der Waals surface area contributed by atoms with Gasteiger partial charge in [0.15, 0.2) is 0 Å². The molecule has 0 unspecified atom stereocenters. The number of nitrogens with one attached hydrogen (secondary N) is 2. The highest BCUT2D eigenvalue weighted by atomic mass is 19.1. The first-order valence-electron chi connectivity index (χ1n) is 5.87. The average Bonchev–Trinajstić information content (AvgIpc) is 2.37. The van der Waals surface area contributed by atoms with Gasteiger partial charge in [0.05, 0.1) is 11.3 Å². The molecule has 5 heteroatoms. The Kier molecular flexibility index (Phi) is 5.65. The van der Waals surface area contributed by atoms with Gasteiger partial charge < -0.3 is 10.6 Å². The van der Waals surface area contributed by atoms with Gasteiger partial charge >= 0.3 is 0 Å². The molecule has 0 saturated carbocycles. The summed E-state index contributed by atoms with van der Waals surface area (Å²) in [6.07, 6.45) is 1.22. The first-order valence-corrected chi connectivity index (χ1v) is 5.87. The monoisotopic (exact) mass is 249 g/mol. The molecule has 0 bridgehead atoms. The van der Waals surface area contributed by atoms with Crippen LogP contribution in [0.1, 0.15) is 25.3 Å². The minimum atomic E-state index is -0.446. The van der Waals surface area contributed by atoms with Crippen LogP contribution in [0.4, 0.5) is 10.1 Å². The third-order valence-electron chi connectivity index (χ3n) is 2.34. The fourth-order valence-electron chi connectivity index (χ4n) is 1.43. The van der Waals surface area contributed by atoms with Crippen molar-refractivity contribution in [1.29, 1.82) is 5.26 Å². The Morgan fingerprint density at radius 2 is 2.22 bits per heavy atom. The molecule has 0 saturated heterocycles. The van der Waals surface area contributed by atoms with Crippen molar-refractivity contribution in [2.45, 2.75) is 19.8 Å². The van der Waals surface area contributed by atoms with Crippen molar-refractivity contribution in [1.82, 2.24) is 5.32 Å². The van der Waals surface area contributed by atoms with Crippen molar-refractivity contribution in [3.05, 3.63) is 29.6 Å². The summed E-state index contributed by atoms with van der Waals surface area (Å²) in [7, 11) is 0. The molecule has 0 aliphatic rings. The van der Waals surface area contributed by atoms with E-state index < -0.39 is 5.82 Å². The molecule has 18 heavy (non-hydrogen) atoms. The largest absolute Gasteiger partial charge is 0.383 e. The van der Waals surface area contributed by atoms with Gasteiger partial charge in [0.2, 0.25) is 5.91 Å². The van der Waals surface area contributed by atoms with Crippen LogP contribution in [0.25, 0.3) is 0 Å². The molecule has 0 aliphatic carbocycles. The van der Waals surface area contributed by atoms with Crippen molar-refractivity contribution in [2.24, 2.45) is 0 Å². The number of halogens is 1. The predicted octanol–water partition coefficient (Wildman–Crippen LogP) is 2.03. The maximum absolute atomic E-state index is 12.9. The molecule has 2 N–H and O–H groups in total. The van der Waals surface area contributed by atoms with Gasteiger partial charge in [-0.1, -0.05) is 6.92 Å². The topological polar surface area (TPSA) is 64.9 Å². The van der Waals surface area contributed by atoms with Crippen LogP contribution in [0.3, 0.4) is 0 Å². The summed E-state index contributed by atoms with van der Waals surface area (Å²) in [6, 6.07) is 5.85. The molecule has 1 rings (SSSR count). The van der Waals surface area contributed by atoms with Crippen molar-refractivity contribution in [2.75, 3.05) is 18.4 Å². The van der Waals surface area contributed by atoms with Crippen LogP contribution in [0, 0.1) is 17.1 Å². The van der Waals surface area contributed by atoms with Crippen LogP contribution < -0.4 is 10.6 Å². The first-order chi connectivity index (χ1) is 8.67. The lowest BCUT2D eigenvalue weighted by Crippen LogP contribution is -2.25. The van der Waals surface area contributed by atoms with E-state index in [9.17, 15) is 9.18 Å². The summed E-state index contributed by atoms with van der Waals surface area (Å²) in [5.74, 6) is -0.484. The molecule has 0 aliphatic heterocycles. The average molecular weight is 249 g/mol. The number of rotatable bonds is 6. The summed E-state index contributed by atoms with van der Waals surface area (Å²) in [5.41, 5.74) is 0.783.